The highest BCUT2D eigenvalue weighted by Crippen LogP contribution is 2.30. The number of hydrogen-bond donors (Lipinski definition) is 0. The van der Waals surface area contributed by atoms with E-state index >= 15 is 0 Å². The minimum atomic E-state index is -3.55. The van der Waals surface area contributed by atoms with Crippen molar-refractivity contribution in [1.29, 1.82) is 0 Å². The minimum absolute atomic E-state index is 0.175. The quantitative estimate of drug-likeness (QED) is 0.577. The van der Waals surface area contributed by atoms with Crippen molar-refractivity contribution in [3.05, 3.63) is 52.2 Å². The largest absolute Gasteiger partial charge is 0.364 e. The molecule has 0 bridgehead atoms. The second-order valence-corrected chi connectivity index (χ2v) is 7.49. The van der Waals surface area contributed by atoms with Crippen LogP contribution in [0.15, 0.2) is 35.1 Å². The summed E-state index contributed by atoms with van der Waals surface area (Å²) in [6.07, 6.45) is 1.30. The number of aromatic nitrogens is 1. The molecule has 134 valence electrons. The topological polar surface area (TPSA) is 110 Å². The van der Waals surface area contributed by atoms with E-state index in [2.05, 4.69) is 9.68 Å². The smallest absolute Gasteiger partial charge is 0.295 e. The Morgan fingerprint density at radius 2 is 1.96 bits per heavy atom. The standard InChI is InChI=1S/C14H15FN4O5S/c15-11-1-2-13(14(9-11)19(20)21)17-4-6-18(7-5-17)25(22,23)10-12-3-8-24-16-12/h1-3,8-9H,4-7,10H2. The monoisotopic (exact) mass is 370 g/mol. The first-order chi connectivity index (χ1) is 11.9. The molecule has 2 heterocycles. The molecule has 0 atom stereocenters. The van der Waals surface area contributed by atoms with Gasteiger partial charge in [-0.25, -0.2) is 12.8 Å². The van der Waals surface area contributed by atoms with E-state index in [4.69, 9.17) is 0 Å². The zero-order valence-corrected chi connectivity index (χ0v) is 13.9. The van der Waals surface area contributed by atoms with Gasteiger partial charge in [0.2, 0.25) is 10.0 Å². The number of benzene rings is 1. The van der Waals surface area contributed by atoms with Crippen LogP contribution in [0.2, 0.25) is 0 Å². The Hall–Kier alpha value is -2.53. The van der Waals surface area contributed by atoms with Crippen molar-refractivity contribution in [3.8, 4) is 0 Å². The van der Waals surface area contributed by atoms with E-state index in [1.165, 1.54) is 22.7 Å². The van der Waals surface area contributed by atoms with Gasteiger partial charge in [-0.3, -0.25) is 10.1 Å². The molecule has 0 unspecified atom stereocenters. The lowest BCUT2D eigenvalue weighted by molar-refractivity contribution is -0.384. The van der Waals surface area contributed by atoms with Crippen LogP contribution in [0.1, 0.15) is 5.69 Å². The summed E-state index contributed by atoms with van der Waals surface area (Å²) in [7, 11) is -3.55. The number of rotatable bonds is 5. The van der Waals surface area contributed by atoms with Crippen LogP contribution in [0.5, 0.6) is 0 Å². The Morgan fingerprint density at radius 1 is 1.24 bits per heavy atom. The molecular formula is C14H15FN4O5S. The molecule has 0 aliphatic carbocycles. The number of sulfonamides is 1. The van der Waals surface area contributed by atoms with Gasteiger partial charge < -0.3 is 9.42 Å². The zero-order valence-electron chi connectivity index (χ0n) is 13.0. The van der Waals surface area contributed by atoms with E-state index in [9.17, 15) is 22.9 Å². The summed E-state index contributed by atoms with van der Waals surface area (Å²) in [6, 6.07) is 4.84. The van der Waals surface area contributed by atoms with Crippen molar-refractivity contribution >= 4 is 21.4 Å². The summed E-state index contributed by atoms with van der Waals surface area (Å²) in [5.41, 5.74) is 0.260. The third-order valence-electron chi connectivity index (χ3n) is 3.93. The van der Waals surface area contributed by atoms with Crippen molar-refractivity contribution in [2.45, 2.75) is 5.75 Å². The molecule has 0 saturated carbocycles. The average Bonchev–Trinajstić information content (AvgIpc) is 3.07. The number of anilines is 1. The molecule has 1 fully saturated rings. The van der Waals surface area contributed by atoms with Gasteiger partial charge >= 0.3 is 0 Å². The fourth-order valence-electron chi connectivity index (χ4n) is 2.71. The molecule has 25 heavy (non-hydrogen) atoms. The highest BCUT2D eigenvalue weighted by atomic mass is 32.2. The van der Waals surface area contributed by atoms with Gasteiger partial charge in [0, 0.05) is 32.2 Å². The summed E-state index contributed by atoms with van der Waals surface area (Å²) in [6.45, 7) is 0.887. The van der Waals surface area contributed by atoms with Gasteiger partial charge in [-0.15, -0.1) is 0 Å². The van der Waals surface area contributed by atoms with Crippen molar-refractivity contribution in [2.75, 3.05) is 31.1 Å². The average molecular weight is 370 g/mol. The SMILES string of the molecule is O=[N+]([O-])c1cc(F)ccc1N1CCN(S(=O)(=O)Cc2ccon2)CC1. The Bertz CT molecular complexity index is 863. The molecule has 2 aromatic rings. The van der Waals surface area contributed by atoms with Crippen molar-refractivity contribution in [2.24, 2.45) is 0 Å². The highest BCUT2D eigenvalue weighted by Gasteiger charge is 2.30. The van der Waals surface area contributed by atoms with Crippen LogP contribution in [-0.2, 0) is 15.8 Å². The maximum absolute atomic E-state index is 13.2. The summed E-state index contributed by atoms with van der Waals surface area (Å²) in [4.78, 5) is 12.1. The molecule has 3 rings (SSSR count). The molecule has 1 aliphatic heterocycles. The molecule has 0 radical (unpaired) electrons. The second kappa shape index (κ2) is 6.76. The van der Waals surface area contributed by atoms with Crippen LogP contribution in [-0.4, -0.2) is 49.0 Å². The summed E-state index contributed by atoms with van der Waals surface area (Å²) in [5.74, 6) is -0.954. The Kier molecular flexibility index (Phi) is 4.68. The van der Waals surface area contributed by atoms with Crippen LogP contribution in [0, 0.1) is 15.9 Å². The second-order valence-electron chi connectivity index (χ2n) is 5.52. The van der Waals surface area contributed by atoms with E-state index in [0.29, 0.717) is 5.69 Å². The number of piperazine rings is 1. The van der Waals surface area contributed by atoms with Crippen LogP contribution < -0.4 is 4.90 Å². The zero-order chi connectivity index (χ0) is 18.0. The van der Waals surface area contributed by atoms with Gasteiger partial charge in [0.15, 0.2) is 0 Å². The number of halogens is 1. The lowest BCUT2D eigenvalue weighted by Gasteiger charge is -2.34. The van der Waals surface area contributed by atoms with Crippen molar-refractivity contribution < 1.29 is 22.3 Å². The number of nitro groups is 1. The maximum atomic E-state index is 13.2. The van der Waals surface area contributed by atoms with Crippen LogP contribution >= 0.6 is 0 Å². The number of hydrogen-bond acceptors (Lipinski definition) is 7. The van der Waals surface area contributed by atoms with Gasteiger partial charge in [0.1, 0.15) is 23.5 Å². The highest BCUT2D eigenvalue weighted by molar-refractivity contribution is 7.88. The fraction of sp³-hybridized carbons (Fsp3) is 0.357. The first-order valence-electron chi connectivity index (χ1n) is 7.43. The van der Waals surface area contributed by atoms with E-state index in [1.807, 2.05) is 0 Å². The number of nitrogens with zero attached hydrogens (tertiary/aromatic N) is 4. The minimum Gasteiger partial charge on any atom is -0.364 e. The van der Waals surface area contributed by atoms with E-state index in [1.54, 1.807) is 4.90 Å². The van der Waals surface area contributed by atoms with E-state index in [0.717, 1.165) is 12.1 Å². The van der Waals surface area contributed by atoms with Gasteiger partial charge in [-0.1, -0.05) is 5.16 Å². The maximum Gasteiger partial charge on any atom is 0.295 e. The van der Waals surface area contributed by atoms with E-state index in [-0.39, 0.29) is 43.3 Å². The van der Waals surface area contributed by atoms with Gasteiger partial charge in [0.25, 0.3) is 5.69 Å². The van der Waals surface area contributed by atoms with Crippen molar-refractivity contribution in [3.63, 3.8) is 0 Å². The van der Waals surface area contributed by atoms with Gasteiger partial charge in [0.05, 0.1) is 16.7 Å². The first kappa shape index (κ1) is 17.3. The lowest BCUT2D eigenvalue weighted by Crippen LogP contribution is -2.49. The third kappa shape index (κ3) is 3.77. The predicted octanol–water partition coefficient (Wildman–Crippen LogP) is 1.37. The van der Waals surface area contributed by atoms with Crippen LogP contribution in [0.4, 0.5) is 15.8 Å². The summed E-state index contributed by atoms with van der Waals surface area (Å²) >= 11 is 0. The molecule has 1 aromatic heterocycles. The van der Waals surface area contributed by atoms with Crippen LogP contribution in [0.25, 0.3) is 0 Å². The molecule has 1 aromatic carbocycles. The number of nitro benzene ring substituents is 1. The predicted molar refractivity (Wildman–Crippen MR) is 86.0 cm³/mol. The Morgan fingerprint density at radius 3 is 2.56 bits per heavy atom. The van der Waals surface area contributed by atoms with Crippen LogP contribution in [0.3, 0.4) is 0 Å². The van der Waals surface area contributed by atoms with E-state index < -0.39 is 20.8 Å². The normalized spacial score (nSPS) is 16.1. The fourth-order valence-corrected chi connectivity index (χ4v) is 4.13. The summed E-state index contributed by atoms with van der Waals surface area (Å²) < 4.78 is 44.0. The molecule has 1 saturated heterocycles. The lowest BCUT2D eigenvalue weighted by atomic mass is 10.2. The Labute approximate surface area is 142 Å². The molecule has 0 spiro atoms. The summed E-state index contributed by atoms with van der Waals surface area (Å²) in [5, 5.41) is 14.7. The van der Waals surface area contributed by atoms with Gasteiger partial charge in [-0.05, 0) is 12.1 Å². The third-order valence-corrected chi connectivity index (χ3v) is 5.74. The van der Waals surface area contributed by atoms with Gasteiger partial charge in [-0.2, -0.15) is 4.31 Å². The molecule has 11 heteroatoms. The molecule has 9 nitrogen and oxygen atoms in total. The van der Waals surface area contributed by atoms with Crippen molar-refractivity contribution in [1.82, 2.24) is 9.46 Å². The Balaban J connectivity index is 1.71. The molecule has 0 N–H and O–H groups in total. The first-order valence-corrected chi connectivity index (χ1v) is 9.04. The molecule has 0 amide bonds. The molecule has 1 aliphatic rings. The molecular weight excluding hydrogens is 355 g/mol.